The van der Waals surface area contributed by atoms with Gasteiger partial charge in [-0.25, -0.2) is 4.98 Å². The molecule has 1 fully saturated rings. The number of piperidine rings is 1. The molecule has 0 saturated carbocycles. The van der Waals surface area contributed by atoms with Crippen molar-refractivity contribution in [2.45, 2.75) is 45.6 Å². The maximum absolute atomic E-state index is 4.60. The Morgan fingerprint density at radius 3 is 2.36 bits per heavy atom. The number of rotatable bonds is 4. The highest BCUT2D eigenvalue weighted by Crippen LogP contribution is 2.26. The minimum Gasteiger partial charge on any atom is -0.297 e. The van der Waals surface area contributed by atoms with Crippen LogP contribution in [0.4, 0.5) is 0 Å². The van der Waals surface area contributed by atoms with E-state index < -0.39 is 0 Å². The standard InChI is InChI=1S/C18H26N4/c1-4-17-19-18(20-21(17)3)16-10-8-15(9-11-16)14(2)22-12-6-5-7-13-22/h8-11,14H,4-7,12-13H2,1-3H3. The zero-order chi connectivity index (χ0) is 15.5. The fraction of sp³-hybridized carbons (Fsp3) is 0.556. The lowest BCUT2D eigenvalue weighted by atomic mass is 10.0. The highest BCUT2D eigenvalue weighted by molar-refractivity contribution is 5.55. The Balaban J connectivity index is 1.76. The maximum atomic E-state index is 4.60. The summed E-state index contributed by atoms with van der Waals surface area (Å²) in [5, 5.41) is 4.51. The van der Waals surface area contributed by atoms with Crippen LogP contribution in [0.5, 0.6) is 0 Å². The first-order chi connectivity index (χ1) is 10.7. The van der Waals surface area contributed by atoms with Gasteiger partial charge in [-0.2, -0.15) is 5.10 Å². The van der Waals surface area contributed by atoms with E-state index in [0.717, 1.165) is 23.6 Å². The third-order valence-electron chi connectivity index (χ3n) is 4.76. The second kappa shape index (κ2) is 6.61. The van der Waals surface area contributed by atoms with E-state index in [2.05, 4.69) is 53.1 Å². The van der Waals surface area contributed by atoms with Crippen LogP contribution in [0.25, 0.3) is 11.4 Å². The fourth-order valence-electron chi connectivity index (χ4n) is 3.27. The Labute approximate surface area is 133 Å². The molecule has 4 nitrogen and oxygen atoms in total. The number of nitrogens with zero attached hydrogens (tertiary/aromatic N) is 4. The molecule has 1 aromatic carbocycles. The molecule has 0 aliphatic carbocycles. The molecule has 4 heteroatoms. The molecule has 1 atom stereocenters. The van der Waals surface area contributed by atoms with Gasteiger partial charge in [0.25, 0.3) is 0 Å². The molecular formula is C18H26N4. The number of benzene rings is 1. The molecule has 0 radical (unpaired) electrons. The number of aryl methyl sites for hydroxylation is 2. The second-order valence-electron chi connectivity index (χ2n) is 6.22. The zero-order valence-electron chi connectivity index (χ0n) is 13.9. The third-order valence-corrected chi connectivity index (χ3v) is 4.76. The minimum absolute atomic E-state index is 0.497. The Kier molecular flexibility index (Phi) is 4.57. The van der Waals surface area contributed by atoms with E-state index >= 15 is 0 Å². The van der Waals surface area contributed by atoms with Gasteiger partial charge in [0, 0.05) is 25.1 Å². The van der Waals surface area contributed by atoms with Crippen LogP contribution < -0.4 is 0 Å². The number of aromatic nitrogens is 3. The monoisotopic (exact) mass is 298 g/mol. The molecule has 1 unspecified atom stereocenters. The van der Waals surface area contributed by atoms with Crippen molar-refractivity contribution in [2.75, 3.05) is 13.1 Å². The first-order valence-corrected chi connectivity index (χ1v) is 8.43. The van der Waals surface area contributed by atoms with E-state index in [1.807, 2.05) is 11.7 Å². The quantitative estimate of drug-likeness (QED) is 0.865. The van der Waals surface area contributed by atoms with Crippen LogP contribution in [-0.2, 0) is 13.5 Å². The predicted octanol–water partition coefficient (Wildman–Crippen LogP) is 3.59. The van der Waals surface area contributed by atoms with E-state index in [1.165, 1.54) is 37.9 Å². The zero-order valence-corrected chi connectivity index (χ0v) is 13.9. The molecule has 1 saturated heterocycles. The van der Waals surface area contributed by atoms with Crippen molar-refractivity contribution >= 4 is 0 Å². The third kappa shape index (κ3) is 3.07. The summed E-state index contributed by atoms with van der Waals surface area (Å²) >= 11 is 0. The first kappa shape index (κ1) is 15.2. The van der Waals surface area contributed by atoms with Crippen molar-refractivity contribution in [3.8, 4) is 11.4 Å². The summed E-state index contributed by atoms with van der Waals surface area (Å²) in [6, 6.07) is 9.28. The molecule has 0 bridgehead atoms. The molecule has 1 aliphatic heterocycles. The molecule has 22 heavy (non-hydrogen) atoms. The van der Waals surface area contributed by atoms with E-state index in [-0.39, 0.29) is 0 Å². The van der Waals surface area contributed by atoms with Gasteiger partial charge < -0.3 is 0 Å². The van der Waals surface area contributed by atoms with Crippen molar-refractivity contribution < 1.29 is 0 Å². The van der Waals surface area contributed by atoms with Crippen LogP contribution in [0.15, 0.2) is 24.3 Å². The molecule has 1 aliphatic rings. The van der Waals surface area contributed by atoms with Crippen LogP contribution in [0.2, 0.25) is 0 Å². The smallest absolute Gasteiger partial charge is 0.181 e. The summed E-state index contributed by atoms with van der Waals surface area (Å²) in [4.78, 5) is 7.19. The Bertz CT molecular complexity index is 609. The molecule has 2 heterocycles. The Hall–Kier alpha value is -1.68. The molecule has 0 amide bonds. The predicted molar refractivity (Wildman–Crippen MR) is 89.7 cm³/mol. The topological polar surface area (TPSA) is 34.0 Å². The summed E-state index contributed by atoms with van der Waals surface area (Å²) < 4.78 is 1.87. The molecule has 0 spiro atoms. The fourth-order valence-corrected chi connectivity index (χ4v) is 3.27. The van der Waals surface area contributed by atoms with Crippen molar-refractivity contribution in [3.63, 3.8) is 0 Å². The first-order valence-electron chi connectivity index (χ1n) is 8.43. The van der Waals surface area contributed by atoms with Crippen molar-refractivity contribution in [3.05, 3.63) is 35.7 Å². The Morgan fingerprint density at radius 2 is 1.77 bits per heavy atom. The van der Waals surface area contributed by atoms with Crippen LogP contribution in [0.3, 0.4) is 0 Å². The normalized spacial score (nSPS) is 17.6. The maximum Gasteiger partial charge on any atom is 0.181 e. The van der Waals surface area contributed by atoms with Gasteiger partial charge in [-0.1, -0.05) is 37.6 Å². The van der Waals surface area contributed by atoms with Gasteiger partial charge in [-0.05, 0) is 38.4 Å². The van der Waals surface area contributed by atoms with Crippen molar-refractivity contribution in [2.24, 2.45) is 7.05 Å². The largest absolute Gasteiger partial charge is 0.297 e. The number of hydrogen-bond donors (Lipinski definition) is 0. The lowest BCUT2D eigenvalue weighted by Gasteiger charge is -2.32. The SMILES string of the molecule is CCc1nc(-c2ccc(C(C)N3CCCCC3)cc2)nn1C. The lowest BCUT2D eigenvalue weighted by Crippen LogP contribution is -2.32. The van der Waals surface area contributed by atoms with Gasteiger partial charge >= 0.3 is 0 Å². The molecule has 118 valence electrons. The van der Waals surface area contributed by atoms with Gasteiger partial charge in [0.2, 0.25) is 0 Å². The summed E-state index contributed by atoms with van der Waals surface area (Å²) in [5.41, 5.74) is 2.49. The number of likely N-dealkylation sites (tertiary alicyclic amines) is 1. The average Bonchev–Trinajstić information content (AvgIpc) is 2.96. The van der Waals surface area contributed by atoms with Crippen molar-refractivity contribution in [1.29, 1.82) is 0 Å². The van der Waals surface area contributed by atoms with Crippen molar-refractivity contribution in [1.82, 2.24) is 19.7 Å². The van der Waals surface area contributed by atoms with Gasteiger partial charge in [-0.15, -0.1) is 0 Å². The molecule has 0 N–H and O–H groups in total. The summed E-state index contributed by atoms with van der Waals surface area (Å²) in [7, 11) is 1.96. The second-order valence-corrected chi connectivity index (χ2v) is 6.22. The van der Waals surface area contributed by atoms with E-state index in [4.69, 9.17) is 0 Å². The Morgan fingerprint density at radius 1 is 1.09 bits per heavy atom. The minimum atomic E-state index is 0.497. The highest BCUT2D eigenvalue weighted by atomic mass is 15.3. The molecular weight excluding hydrogens is 272 g/mol. The summed E-state index contributed by atoms with van der Waals surface area (Å²) in [5.74, 6) is 1.86. The van der Waals surface area contributed by atoms with Crippen LogP contribution in [0, 0.1) is 0 Å². The van der Waals surface area contributed by atoms with E-state index in [9.17, 15) is 0 Å². The van der Waals surface area contributed by atoms with Gasteiger partial charge in [0.05, 0.1) is 0 Å². The number of hydrogen-bond acceptors (Lipinski definition) is 3. The van der Waals surface area contributed by atoms with Crippen LogP contribution >= 0.6 is 0 Å². The van der Waals surface area contributed by atoms with Gasteiger partial charge in [0.15, 0.2) is 5.82 Å². The average molecular weight is 298 g/mol. The molecule has 1 aromatic heterocycles. The summed E-state index contributed by atoms with van der Waals surface area (Å²) in [6.45, 7) is 6.88. The van der Waals surface area contributed by atoms with Gasteiger partial charge in [-0.3, -0.25) is 9.58 Å². The lowest BCUT2D eigenvalue weighted by molar-refractivity contribution is 0.175. The molecule has 2 aromatic rings. The van der Waals surface area contributed by atoms with Crippen LogP contribution in [0.1, 0.15) is 50.5 Å². The summed E-state index contributed by atoms with van der Waals surface area (Å²) in [6.07, 6.45) is 4.96. The highest BCUT2D eigenvalue weighted by Gasteiger charge is 2.18. The molecule has 3 rings (SSSR count). The van der Waals surface area contributed by atoms with Gasteiger partial charge in [0.1, 0.15) is 5.82 Å². The van der Waals surface area contributed by atoms with E-state index in [0.29, 0.717) is 6.04 Å². The van der Waals surface area contributed by atoms with Crippen LogP contribution in [-0.4, -0.2) is 32.8 Å². The van der Waals surface area contributed by atoms with E-state index in [1.54, 1.807) is 0 Å².